The normalized spacial score (nSPS) is 14.2. The van der Waals surface area contributed by atoms with E-state index in [9.17, 15) is 14.7 Å². The molecule has 0 amide bonds. The fraction of sp³-hybridized carbons (Fsp3) is 0.231. The molecule has 0 aliphatic carbocycles. The van der Waals surface area contributed by atoms with Crippen LogP contribution in [-0.2, 0) is 13.0 Å². The Labute approximate surface area is 195 Å². The number of anilines is 2. The minimum Gasteiger partial charge on any atom is -0.478 e. The van der Waals surface area contributed by atoms with Crippen molar-refractivity contribution >= 4 is 39.2 Å². The van der Waals surface area contributed by atoms with Crippen LogP contribution in [-0.4, -0.2) is 17.6 Å². The highest BCUT2D eigenvalue weighted by Crippen LogP contribution is 2.37. The second kappa shape index (κ2) is 8.41. The molecule has 1 aliphatic rings. The molecule has 5 rings (SSSR count). The number of fused-ring (bicyclic) bond motifs is 2. The minimum absolute atomic E-state index is 0.0532. The van der Waals surface area contributed by atoms with Gasteiger partial charge in [0.1, 0.15) is 4.70 Å². The molecule has 6 nitrogen and oxygen atoms in total. The molecule has 1 unspecified atom stereocenters. The Morgan fingerprint density at radius 3 is 2.67 bits per heavy atom. The minimum atomic E-state index is -0.989. The van der Waals surface area contributed by atoms with Gasteiger partial charge in [0, 0.05) is 35.3 Å². The van der Waals surface area contributed by atoms with Gasteiger partial charge in [-0.25, -0.2) is 4.79 Å². The Hall–Kier alpha value is -3.58. The zero-order valence-electron chi connectivity index (χ0n) is 18.4. The van der Waals surface area contributed by atoms with Gasteiger partial charge in [0.25, 0.3) is 0 Å². The highest BCUT2D eigenvalue weighted by atomic mass is 32.1. The summed E-state index contributed by atoms with van der Waals surface area (Å²) in [6.07, 6.45) is 0.900. The van der Waals surface area contributed by atoms with Crippen molar-refractivity contribution in [1.82, 2.24) is 0 Å². The van der Waals surface area contributed by atoms with E-state index >= 15 is 0 Å². The fourth-order valence-corrected chi connectivity index (χ4v) is 5.64. The van der Waals surface area contributed by atoms with Crippen LogP contribution < -0.4 is 15.6 Å². The zero-order valence-corrected chi connectivity index (χ0v) is 19.2. The number of nitrogens with one attached hydrogen (secondary N) is 1. The molecule has 1 aliphatic heterocycles. The average molecular weight is 461 g/mol. The van der Waals surface area contributed by atoms with Crippen LogP contribution in [0.25, 0.3) is 10.3 Å². The average Bonchev–Trinajstić information content (AvgIpc) is 3.15. The second-order valence-corrected chi connectivity index (χ2v) is 9.56. The predicted octanol–water partition coefficient (Wildman–Crippen LogP) is 5.60. The topological polar surface area (TPSA) is 82.8 Å². The Kier molecular flexibility index (Phi) is 5.42. The van der Waals surface area contributed by atoms with Crippen LogP contribution in [0.3, 0.4) is 0 Å². The van der Waals surface area contributed by atoms with Crippen molar-refractivity contribution in [3.63, 3.8) is 0 Å². The second-order valence-electron chi connectivity index (χ2n) is 8.34. The maximum Gasteiger partial charge on any atom is 0.337 e. The lowest BCUT2D eigenvalue weighted by Crippen LogP contribution is -2.30. The summed E-state index contributed by atoms with van der Waals surface area (Å²) in [7, 11) is 0. The molecule has 4 aromatic rings. The van der Waals surface area contributed by atoms with Gasteiger partial charge < -0.3 is 19.7 Å². The number of rotatable bonds is 5. The van der Waals surface area contributed by atoms with E-state index < -0.39 is 5.97 Å². The molecule has 0 saturated carbocycles. The van der Waals surface area contributed by atoms with Gasteiger partial charge in [-0.1, -0.05) is 36.4 Å². The van der Waals surface area contributed by atoms with Crippen LogP contribution in [0, 0.1) is 6.92 Å². The Balaban J connectivity index is 1.53. The van der Waals surface area contributed by atoms with E-state index in [-0.39, 0.29) is 17.0 Å². The van der Waals surface area contributed by atoms with Gasteiger partial charge >= 0.3 is 5.97 Å². The van der Waals surface area contributed by atoms with Gasteiger partial charge in [0.05, 0.1) is 11.6 Å². The molecule has 3 heterocycles. The van der Waals surface area contributed by atoms with Gasteiger partial charge in [0.2, 0.25) is 5.43 Å². The van der Waals surface area contributed by atoms with Crippen LogP contribution in [0.5, 0.6) is 0 Å². The summed E-state index contributed by atoms with van der Waals surface area (Å²) in [6, 6.07) is 16.5. The number of para-hydroxylation sites is 1. The lowest BCUT2D eigenvalue weighted by atomic mass is 10.00. The number of carboxylic acid groups (broad SMARTS) is 1. The molecule has 0 saturated heterocycles. The number of hydrogen-bond donors (Lipinski definition) is 2. The third-order valence-corrected chi connectivity index (χ3v) is 7.29. The molecule has 0 fully saturated rings. The highest BCUT2D eigenvalue weighted by molar-refractivity contribution is 7.19. The number of benzene rings is 2. The summed E-state index contributed by atoms with van der Waals surface area (Å²) < 4.78 is 6.95. The summed E-state index contributed by atoms with van der Waals surface area (Å²) in [5.74, 6) is -0.421. The van der Waals surface area contributed by atoms with E-state index in [1.165, 1.54) is 22.5 Å². The Morgan fingerprint density at radius 2 is 1.88 bits per heavy atom. The van der Waals surface area contributed by atoms with Crippen LogP contribution in [0.2, 0.25) is 0 Å². The van der Waals surface area contributed by atoms with E-state index in [1.807, 2.05) is 19.9 Å². The molecule has 0 spiro atoms. The van der Waals surface area contributed by atoms with E-state index in [2.05, 4.69) is 28.4 Å². The third kappa shape index (κ3) is 3.89. The van der Waals surface area contributed by atoms with E-state index in [0.717, 1.165) is 23.4 Å². The first-order chi connectivity index (χ1) is 15.9. The molecule has 7 heteroatoms. The Bertz CT molecular complexity index is 1420. The number of carboxylic acids is 1. The summed E-state index contributed by atoms with van der Waals surface area (Å²) in [6.45, 7) is 5.40. The SMILES string of the molecule is Cc1sc2c(=O)cc(N3CCc4ccccc4C3)oc2c1C(C)Nc1ccccc1C(=O)O. The number of thiophene rings is 1. The summed E-state index contributed by atoms with van der Waals surface area (Å²) in [5.41, 5.74) is 4.71. The molecule has 33 heavy (non-hydrogen) atoms. The number of aryl methyl sites for hydroxylation is 1. The maximum absolute atomic E-state index is 13.0. The standard InChI is InChI=1S/C26H24N2O4S/c1-15(27-20-10-6-5-9-19(20)26(30)31)23-16(2)33-25-21(29)13-22(32-24(23)25)28-12-11-17-7-3-4-8-18(17)14-28/h3-10,13,15,27H,11-12,14H2,1-2H3,(H,30,31). The van der Waals surface area contributed by atoms with Crippen molar-refractivity contribution in [2.24, 2.45) is 0 Å². The zero-order chi connectivity index (χ0) is 23.1. The molecule has 168 valence electrons. The summed E-state index contributed by atoms with van der Waals surface area (Å²) in [5, 5.41) is 12.8. The Morgan fingerprint density at radius 1 is 1.15 bits per heavy atom. The van der Waals surface area contributed by atoms with Gasteiger partial charge in [-0.3, -0.25) is 4.79 Å². The molecule has 2 aromatic carbocycles. The van der Waals surface area contributed by atoms with Crippen LogP contribution in [0.1, 0.15) is 44.9 Å². The van der Waals surface area contributed by atoms with Gasteiger partial charge in [-0.2, -0.15) is 0 Å². The van der Waals surface area contributed by atoms with E-state index in [4.69, 9.17) is 4.42 Å². The fourth-order valence-electron chi connectivity index (χ4n) is 4.55. The van der Waals surface area contributed by atoms with Crippen molar-refractivity contribution in [2.75, 3.05) is 16.8 Å². The lowest BCUT2D eigenvalue weighted by Gasteiger charge is -2.29. The van der Waals surface area contributed by atoms with Crippen LogP contribution in [0.15, 0.2) is 63.8 Å². The summed E-state index contributed by atoms with van der Waals surface area (Å²) >= 11 is 1.42. The van der Waals surface area contributed by atoms with Gasteiger partial charge in [-0.05, 0) is 43.5 Å². The number of carbonyl (C=O) groups is 1. The molecular formula is C26H24N2O4S. The van der Waals surface area contributed by atoms with E-state index in [1.54, 1.807) is 30.3 Å². The first-order valence-electron chi connectivity index (χ1n) is 10.9. The molecule has 1 atom stereocenters. The molecule has 2 N–H and O–H groups in total. The molecule has 2 aromatic heterocycles. The van der Waals surface area contributed by atoms with Gasteiger partial charge in [0.15, 0.2) is 11.5 Å². The lowest BCUT2D eigenvalue weighted by molar-refractivity contribution is 0.0698. The molecule has 0 bridgehead atoms. The van der Waals surface area contributed by atoms with Crippen molar-refractivity contribution in [3.05, 3.63) is 92.0 Å². The molecule has 0 radical (unpaired) electrons. The van der Waals surface area contributed by atoms with E-state index in [0.29, 0.717) is 28.4 Å². The third-order valence-electron chi connectivity index (χ3n) is 6.18. The van der Waals surface area contributed by atoms with Crippen molar-refractivity contribution in [2.45, 2.75) is 32.9 Å². The van der Waals surface area contributed by atoms with Crippen LogP contribution >= 0.6 is 11.3 Å². The van der Waals surface area contributed by atoms with Crippen molar-refractivity contribution < 1.29 is 14.3 Å². The largest absolute Gasteiger partial charge is 0.478 e. The predicted molar refractivity (Wildman–Crippen MR) is 132 cm³/mol. The summed E-state index contributed by atoms with van der Waals surface area (Å²) in [4.78, 5) is 27.7. The van der Waals surface area contributed by atoms with Crippen LogP contribution in [0.4, 0.5) is 11.6 Å². The first-order valence-corrected chi connectivity index (χ1v) is 11.7. The highest BCUT2D eigenvalue weighted by Gasteiger charge is 2.24. The first kappa shape index (κ1) is 21.3. The quantitative estimate of drug-likeness (QED) is 0.404. The number of nitrogens with zero attached hydrogens (tertiary/aromatic N) is 1. The smallest absolute Gasteiger partial charge is 0.337 e. The monoisotopic (exact) mass is 460 g/mol. The van der Waals surface area contributed by atoms with Crippen molar-refractivity contribution in [3.8, 4) is 0 Å². The molecular weight excluding hydrogens is 436 g/mol. The number of hydrogen-bond acceptors (Lipinski definition) is 6. The maximum atomic E-state index is 13.0. The van der Waals surface area contributed by atoms with Crippen molar-refractivity contribution in [1.29, 1.82) is 0 Å². The van der Waals surface area contributed by atoms with Gasteiger partial charge in [-0.15, -0.1) is 11.3 Å². The number of aromatic carboxylic acids is 1.